The Hall–Kier alpha value is -1.20. The predicted molar refractivity (Wildman–Crippen MR) is 113 cm³/mol. The average Bonchev–Trinajstić information content (AvgIpc) is 2.70. The maximum Gasteiger partial charge on any atom is 0.225 e. The van der Waals surface area contributed by atoms with Crippen molar-refractivity contribution in [1.29, 1.82) is 0 Å². The summed E-state index contributed by atoms with van der Waals surface area (Å²) in [6.45, 7) is 12.7. The number of hydrogen-bond acceptors (Lipinski definition) is 5. The Bertz CT molecular complexity index is 530. The van der Waals surface area contributed by atoms with Gasteiger partial charge in [-0.05, 0) is 69.8 Å². The molecule has 0 saturated carbocycles. The van der Waals surface area contributed by atoms with E-state index in [2.05, 4.69) is 48.0 Å². The van der Waals surface area contributed by atoms with Gasteiger partial charge in [-0.15, -0.1) is 0 Å². The molecule has 2 fully saturated rings. The van der Waals surface area contributed by atoms with Gasteiger partial charge >= 0.3 is 0 Å². The zero-order valence-corrected chi connectivity index (χ0v) is 17.7. The van der Waals surface area contributed by atoms with E-state index >= 15 is 0 Å². The van der Waals surface area contributed by atoms with Crippen molar-refractivity contribution >= 4 is 5.95 Å². The number of aromatic nitrogens is 2. The van der Waals surface area contributed by atoms with Crippen molar-refractivity contribution in [1.82, 2.24) is 19.8 Å². The number of rotatable bonds is 8. The highest BCUT2D eigenvalue weighted by atomic mass is 15.3. The van der Waals surface area contributed by atoms with Crippen LogP contribution in [0.4, 0.5) is 5.95 Å². The SMILES string of the molecule is CCCC(C)CCCN1CCC(c2cnc(N3CCN(C)CC3)nc2)CC1. The fourth-order valence-electron chi connectivity index (χ4n) is 4.50. The van der Waals surface area contributed by atoms with E-state index in [-0.39, 0.29) is 0 Å². The number of anilines is 1. The normalized spacial score (nSPS) is 21.5. The van der Waals surface area contributed by atoms with Gasteiger partial charge in [0.15, 0.2) is 0 Å². The van der Waals surface area contributed by atoms with Crippen LogP contribution in [0.3, 0.4) is 0 Å². The molecular formula is C22H39N5. The monoisotopic (exact) mass is 373 g/mol. The van der Waals surface area contributed by atoms with E-state index in [1.165, 1.54) is 63.7 Å². The molecule has 27 heavy (non-hydrogen) atoms. The third-order valence-electron chi connectivity index (χ3n) is 6.46. The van der Waals surface area contributed by atoms with E-state index in [1.807, 2.05) is 0 Å². The molecule has 3 rings (SSSR count). The van der Waals surface area contributed by atoms with Crippen LogP contribution in [0.15, 0.2) is 12.4 Å². The highest BCUT2D eigenvalue weighted by molar-refractivity contribution is 5.31. The summed E-state index contributed by atoms with van der Waals surface area (Å²) < 4.78 is 0. The zero-order valence-electron chi connectivity index (χ0n) is 17.7. The van der Waals surface area contributed by atoms with Gasteiger partial charge < -0.3 is 14.7 Å². The quantitative estimate of drug-likeness (QED) is 0.695. The van der Waals surface area contributed by atoms with Gasteiger partial charge in [0.05, 0.1) is 0 Å². The molecule has 2 saturated heterocycles. The van der Waals surface area contributed by atoms with E-state index < -0.39 is 0 Å². The lowest BCUT2D eigenvalue weighted by Crippen LogP contribution is -2.45. The summed E-state index contributed by atoms with van der Waals surface area (Å²) in [4.78, 5) is 16.7. The van der Waals surface area contributed by atoms with E-state index in [1.54, 1.807) is 0 Å². The van der Waals surface area contributed by atoms with Crippen molar-refractivity contribution in [2.45, 2.75) is 58.3 Å². The number of piperidine rings is 1. The maximum atomic E-state index is 4.69. The van der Waals surface area contributed by atoms with Gasteiger partial charge in [0, 0.05) is 38.6 Å². The van der Waals surface area contributed by atoms with E-state index in [9.17, 15) is 0 Å². The Morgan fingerprint density at radius 1 is 1.00 bits per heavy atom. The Labute approximate surface area is 166 Å². The molecule has 0 aliphatic carbocycles. The summed E-state index contributed by atoms with van der Waals surface area (Å²) in [7, 11) is 2.18. The number of hydrogen-bond donors (Lipinski definition) is 0. The van der Waals surface area contributed by atoms with Gasteiger partial charge in [-0.25, -0.2) is 9.97 Å². The second-order valence-electron chi connectivity index (χ2n) is 8.76. The van der Waals surface area contributed by atoms with Crippen LogP contribution in [-0.2, 0) is 0 Å². The molecule has 2 aliphatic rings. The van der Waals surface area contributed by atoms with E-state index in [0.717, 1.165) is 38.0 Å². The first kappa shape index (κ1) is 20.5. The van der Waals surface area contributed by atoms with Crippen LogP contribution in [0.5, 0.6) is 0 Å². The lowest BCUT2D eigenvalue weighted by Gasteiger charge is -2.33. The summed E-state index contributed by atoms with van der Waals surface area (Å²) >= 11 is 0. The summed E-state index contributed by atoms with van der Waals surface area (Å²) in [6.07, 6.45) is 12.1. The van der Waals surface area contributed by atoms with Crippen LogP contribution >= 0.6 is 0 Å². The van der Waals surface area contributed by atoms with Crippen LogP contribution in [0.1, 0.15) is 63.9 Å². The van der Waals surface area contributed by atoms with E-state index in [4.69, 9.17) is 9.97 Å². The third kappa shape index (κ3) is 6.15. The highest BCUT2D eigenvalue weighted by Gasteiger charge is 2.22. The summed E-state index contributed by atoms with van der Waals surface area (Å²) in [5.74, 6) is 2.44. The second-order valence-corrected chi connectivity index (χ2v) is 8.76. The lowest BCUT2D eigenvalue weighted by atomic mass is 9.91. The minimum absolute atomic E-state index is 0.641. The molecule has 1 atom stereocenters. The smallest absolute Gasteiger partial charge is 0.225 e. The molecule has 2 aliphatic heterocycles. The van der Waals surface area contributed by atoms with Crippen LogP contribution in [-0.4, -0.2) is 72.6 Å². The zero-order chi connectivity index (χ0) is 19.1. The van der Waals surface area contributed by atoms with Crippen molar-refractivity contribution in [3.63, 3.8) is 0 Å². The minimum Gasteiger partial charge on any atom is -0.338 e. The fourth-order valence-corrected chi connectivity index (χ4v) is 4.50. The molecule has 0 bridgehead atoms. The Balaban J connectivity index is 1.40. The van der Waals surface area contributed by atoms with Crippen molar-refractivity contribution in [3.8, 4) is 0 Å². The molecule has 1 aromatic heterocycles. The fraction of sp³-hybridized carbons (Fsp3) is 0.818. The van der Waals surface area contributed by atoms with Gasteiger partial charge in [-0.1, -0.05) is 26.7 Å². The molecule has 0 amide bonds. The predicted octanol–water partition coefficient (Wildman–Crippen LogP) is 3.62. The molecule has 0 aromatic carbocycles. The number of likely N-dealkylation sites (N-methyl/N-ethyl adjacent to an activating group) is 1. The second kappa shape index (κ2) is 10.4. The topological polar surface area (TPSA) is 35.5 Å². The van der Waals surface area contributed by atoms with Crippen LogP contribution in [0.2, 0.25) is 0 Å². The summed E-state index contributed by atoms with van der Waals surface area (Å²) in [6, 6.07) is 0. The number of nitrogens with zero attached hydrogens (tertiary/aromatic N) is 5. The van der Waals surface area contributed by atoms with Gasteiger partial charge in [-0.2, -0.15) is 0 Å². The third-order valence-corrected chi connectivity index (χ3v) is 6.46. The van der Waals surface area contributed by atoms with Crippen LogP contribution in [0.25, 0.3) is 0 Å². The van der Waals surface area contributed by atoms with Crippen molar-refractivity contribution in [3.05, 3.63) is 18.0 Å². The van der Waals surface area contributed by atoms with E-state index in [0.29, 0.717) is 5.92 Å². The average molecular weight is 374 g/mol. The van der Waals surface area contributed by atoms with Gasteiger partial charge in [0.2, 0.25) is 5.95 Å². The molecule has 3 heterocycles. The first-order chi connectivity index (χ1) is 13.2. The first-order valence-corrected chi connectivity index (χ1v) is 11.1. The Kier molecular flexibility index (Phi) is 7.89. The molecule has 5 nitrogen and oxygen atoms in total. The van der Waals surface area contributed by atoms with Gasteiger partial charge in [0.25, 0.3) is 0 Å². The molecule has 0 N–H and O–H groups in total. The van der Waals surface area contributed by atoms with Crippen molar-refractivity contribution in [2.75, 3.05) is 57.8 Å². The highest BCUT2D eigenvalue weighted by Crippen LogP contribution is 2.28. The summed E-state index contributed by atoms with van der Waals surface area (Å²) in [5.41, 5.74) is 1.34. The lowest BCUT2D eigenvalue weighted by molar-refractivity contribution is 0.204. The van der Waals surface area contributed by atoms with Gasteiger partial charge in [0.1, 0.15) is 0 Å². The Morgan fingerprint density at radius 2 is 1.67 bits per heavy atom. The van der Waals surface area contributed by atoms with Gasteiger partial charge in [-0.3, -0.25) is 0 Å². The number of likely N-dealkylation sites (tertiary alicyclic amines) is 1. The first-order valence-electron chi connectivity index (χ1n) is 11.1. The van der Waals surface area contributed by atoms with Crippen molar-refractivity contribution < 1.29 is 0 Å². The number of piperazine rings is 1. The molecule has 0 spiro atoms. The standard InChI is InChI=1S/C22H39N5/c1-4-6-19(2)7-5-10-26-11-8-20(9-12-26)21-17-23-22(24-18-21)27-15-13-25(3)14-16-27/h17-20H,4-16H2,1-3H3. The molecule has 5 heteroatoms. The molecular weight excluding hydrogens is 334 g/mol. The largest absolute Gasteiger partial charge is 0.338 e. The van der Waals surface area contributed by atoms with Crippen LogP contribution in [0, 0.1) is 5.92 Å². The summed E-state index contributed by atoms with van der Waals surface area (Å²) in [5, 5.41) is 0. The maximum absolute atomic E-state index is 4.69. The van der Waals surface area contributed by atoms with Crippen LogP contribution < -0.4 is 4.90 Å². The molecule has 1 unspecified atom stereocenters. The van der Waals surface area contributed by atoms with Crippen molar-refractivity contribution in [2.24, 2.45) is 5.92 Å². The Morgan fingerprint density at radius 3 is 2.30 bits per heavy atom. The minimum atomic E-state index is 0.641. The molecule has 0 radical (unpaired) electrons. The molecule has 152 valence electrons. The molecule has 1 aromatic rings.